The van der Waals surface area contributed by atoms with Crippen molar-refractivity contribution in [1.82, 2.24) is 15.2 Å². The number of piperazine rings is 1. The highest BCUT2D eigenvalue weighted by Crippen LogP contribution is 2.35. The van der Waals surface area contributed by atoms with E-state index in [-0.39, 0.29) is 16.9 Å². The molecule has 0 radical (unpaired) electrons. The topological polar surface area (TPSA) is 28.2 Å². The lowest BCUT2D eigenvalue weighted by molar-refractivity contribution is 0.00474. The van der Waals surface area contributed by atoms with Gasteiger partial charge in [-0.3, -0.25) is 9.88 Å². The second kappa shape index (κ2) is 5.65. The molecule has 0 aromatic carbocycles. The number of rotatable bonds is 2. The minimum atomic E-state index is -0.243. The van der Waals surface area contributed by atoms with Crippen molar-refractivity contribution in [2.75, 3.05) is 13.1 Å². The highest BCUT2D eigenvalue weighted by Gasteiger charge is 2.43. The Bertz CT molecular complexity index is 495. The van der Waals surface area contributed by atoms with Crippen molar-refractivity contribution in [2.45, 2.75) is 63.6 Å². The molecule has 3 nitrogen and oxygen atoms in total. The largest absolute Gasteiger partial charge is 0.308 e. The van der Waals surface area contributed by atoms with Crippen LogP contribution in [0, 0.1) is 5.82 Å². The first-order valence-corrected chi connectivity index (χ1v) is 8.09. The molecule has 2 aliphatic rings. The predicted octanol–water partition coefficient (Wildman–Crippen LogP) is 3.11. The fourth-order valence-electron chi connectivity index (χ4n) is 3.75. The molecule has 2 fully saturated rings. The molecule has 1 spiro atoms. The number of nitrogens with zero attached hydrogens (tertiary/aromatic N) is 2. The average molecular weight is 291 g/mol. The molecule has 0 amide bonds. The Kier molecular flexibility index (Phi) is 4.02. The van der Waals surface area contributed by atoms with Crippen LogP contribution in [0.4, 0.5) is 4.39 Å². The van der Waals surface area contributed by atoms with Gasteiger partial charge in [0.2, 0.25) is 0 Å². The van der Waals surface area contributed by atoms with Gasteiger partial charge in [-0.05, 0) is 38.3 Å². The standard InChI is InChI=1S/C17H26FN3/c1-16(2)12-20-17(6-4-3-5-7-17)13-21(16)11-14-8-15(18)10-19-9-14/h8-10,20H,3-7,11-13H2,1-2H3. The highest BCUT2D eigenvalue weighted by atomic mass is 19.1. The predicted molar refractivity (Wildman–Crippen MR) is 82.5 cm³/mol. The summed E-state index contributed by atoms with van der Waals surface area (Å²) in [6.07, 6.45) is 9.60. The number of pyridine rings is 1. The van der Waals surface area contributed by atoms with E-state index in [0.29, 0.717) is 0 Å². The maximum Gasteiger partial charge on any atom is 0.141 e. The Morgan fingerprint density at radius 1 is 1.24 bits per heavy atom. The van der Waals surface area contributed by atoms with Gasteiger partial charge in [-0.15, -0.1) is 0 Å². The average Bonchev–Trinajstić information content (AvgIpc) is 2.45. The molecule has 1 aromatic heterocycles. The zero-order valence-corrected chi connectivity index (χ0v) is 13.2. The summed E-state index contributed by atoms with van der Waals surface area (Å²) in [6.45, 7) is 7.36. The molecule has 1 aromatic rings. The summed E-state index contributed by atoms with van der Waals surface area (Å²) < 4.78 is 13.4. The molecule has 1 saturated heterocycles. The number of hydrogen-bond acceptors (Lipinski definition) is 3. The van der Waals surface area contributed by atoms with Gasteiger partial charge in [0, 0.05) is 36.9 Å². The Hall–Kier alpha value is -1.00. The number of aromatic nitrogens is 1. The lowest BCUT2D eigenvalue weighted by Gasteiger charge is -2.53. The quantitative estimate of drug-likeness (QED) is 0.907. The van der Waals surface area contributed by atoms with Crippen LogP contribution in [-0.4, -0.2) is 34.1 Å². The van der Waals surface area contributed by atoms with E-state index in [1.165, 1.54) is 38.3 Å². The van der Waals surface area contributed by atoms with E-state index in [2.05, 4.69) is 29.0 Å². The summed E-state index contributed by atoms with van der Waals surface area (Å²) in [5.41, 5.74) is 1.33. The summed E-state index contributed by atoms with van der Waals surface area (Å²) in [7, 11) is 0. The van der Waals surface area contributed by atoms with E-state index in [4.69, 9.17) is 0 Å². The summed E-state index contributed by atoms with van der Waals surface area (Å²) in [5.74, 6) is -0.243. The third-order valence-electron chi connectivity index (χ3n) is 5.19. The SMILES string of the molecule is CC1(C)CNC2(CCCCC2)CN1Cc1cncc(F)c1. The first kappa shape index (κ1) is 14.9. The fraction of sp³-hybridized carbons (Fsp3) is 0.706. The van der Waals surface area contributed by atoms with Crippen LogP contribution in [-0.2, 0) is 6.54 Å². The van der Waals surface area contributed by atoms with Crippen molar-refractivity contribution in [1.29, 1.82) is 0 Å². The minimum Gasteiger partial charge on any atom is -0.308 e. The molecular weight excluding hydrogens is 265 g/mol. The summed E-state index contributed by atoms with van der Waals surface area (Å²) in [4.78, 5) is 6.49. The van der Waals surface area contributed by atoms with Crippen LogP contribution in [0.15, 0.2) is 18.5 Å². The van der Waals surface area contributed by atoms with Crippen LogP contribution in [0.1, 0.15) is 51.5 Å². The molecule has 1 saturated carbocycles. The zero-order valence-electron chi connectivity index (χ0n) is 13.2. The number of hydrogen-bond donors (Lipinski definition) is 1. The van der Waals surface area contributed by atoms with E-state index >= 15 is 0 Å². The van der Waals surface area contributed by atoms with Crippen molar-refractivity contribution in [2.24, 2.45) is 0 Å². The van der Waals surface area contributed by atoms with E-state index in [1.54, 1.807) is 12.3 Å². The Labute approximate surface area is 126 Å². The van der Waals surface area contributed by atoms with Gasteiger partial charge in [-0.1, -0.05) is 19.3 Å². The molecule has 3 rings (SSSR count). The van der Waals surface area contributed by atoms with Gasteiger partial charge in [0.05, 0.1) is 6.20 Å². The second-order valence-electron chi connectivity index (χ2n) is 7.37. The van der Waals surface area contributed by atoms with Gasteiger partial charge >= 0.3 is 0 Å². The van der Waals surface area contributed by atoms with Crippen LogP contribution >= 0.6 is 0 Å². The third-order valence-corrected chi connectivity index (χ3v) is 5.19. The van der Waals surface area contributed by atoms with Gasteiger partial charge < -0.3 is 5.32 Å². The molecule has 0 bridgehead atoms. The Morgan fingerprint density at radius 2 is 2.00 bits per heavy atom. The van der Waals surface area contributed by atoms with Crippen LogP contribution in [0.2, 0.25) is 0 Å². The zero-order chi connectivity index (χ0) is 14.9. The van der Waals surface area contributed by atoms with Crippen LogP contribution < -0.4 is 5.32 Å². The van der Waals surface area contributed by atoms with Crippen molar-refractivity contribution >= 4 is 0 Å². The molecule has 0 atom stereocenters. The lowest BCUT2D eigenvalue weighted by atomic mass is 9.77. The monoisotopic (exact) mass is 291 g/mol. The molecule has 1 N–H and O–H groups in total. The van der Waals surface area contributed by atoms with E-state index in [1.807, 2.05) is 0 Å². The maximum atomic E-state index is 13.4. The number of halogens is 1. The van der Waals surface area contributed by atoms with Crippen LogP contribution in [0.5, 0.6) is 0 Å². The van der Waals surface area contributed by atoms with E-state index < -0.39 is 0 Å². The van der Waals surface area contributed by atoms with E-state index in [0.717, 1.165) is 25.2 Å². The molecule has 0 unspecified atom stereocenters. The second-order valence-corrected chi connectivity index (χ2v) is 7.37. The van der Waals surface area contributed by atoms with Gasteiger partial charge in [0.25, 0.3) is 0 Å². The first-order chi connectivity index (χ1) is 9.99. The smallest absolute Gasteiger partial charge is 0.141 e. The molecule has 116 valence electrons. The van der Waals surface area contributed by atoms with E-state index in [9.17, 15) is 4.39 Å². The molecule has 4 heteroatoms. The van der Waals surface area contributed by atoms with Crippen molar-refractivity contribution in [3.8, 4) is 0 Å². The van der Waals surface area contributed by atoms with Gasteiger partial charge in [-0.25, -0.2) is 4.39 Å². The summed E-state index contributed by atoms with van der Waals surface area (Å²) in [5, 5.41) is 3.82. The van der Waals surface area contributed by atoms with Crippen LogP contribution in [0.25, 0.3) is 0 Å². The molecule has 1 aliphatic carbocycles. The molecular formula is C17H26FN3. The molecule has 21 heavy (non-hydrogen) atoms. The van der Waals surface area contributed by atoms with Crippen molar-refractivity contribution in [3.05, 3.63) is 29.8 Å². The summed E-state index contributed by atoms with van der Waals surface area (Å²) in [6, 6.07) is 1.61. The third kappa shape index (κ3) is 3.27. The lowest BCUT2D eigenvalue weighted by Crippen LogP contribution is -2.68. The van der Waals surface area contributed by atoms with Gasteiger partial charge in [0.1, 0.15) is 5.82 Å². The molecule has 1 aliphatic heterocycles. The fourth-order valence-corrected chi connectivity index (χ4v) is 3.75. The minimum absolute atomic E-state index is 0.0923. The van der Waals surface area contributed by atoms with Gasteiger partial charge in [0.15, 0.2) is 0 Å². The number of nitrogens with one attached hydrogen (secondary N) is 1. The highest BCUT2D eigenvalue weighted by molar-refractivity contribution is 5.12. The molecule has 2 heterocycles. The van der Waals surface area contributed by atoms with Crippen molar-refractivity contribution < 1.29 is 4.39 Å². The Morgan fingerprint density at radius 3 is 2.71 bits per heavy atom. The summed E-state index contributed by atoms with van der Waals surface area (Å²) >= 11 is 0. The van der Waals surface area contributed by atoms with Gasteiger partial charge in [-0.2, -0.15) is 0 Å². The maximum absolute atomic E-state index is 13.4. The normalized spacial score (nSPS) is 25.1. The Balaban J connectivity index is 1.77. The van der Waals surface area contributed by atoms with Crippen molar-refractivity contribution in [3.63, 3.8) is 0 Å². The first-order valence-electron chi connectivity index (χ1n) is 8.09. The van der Waals surface area contributed by atoms with Crippen LogP contribution in [0.3, 0.4) is 0 Å².